The summed E-state index contributed by atoms with van der Waals surface area (Å²) in [7, 11) is 1.47. The summed E-state index contributed by atoms with van der Waals surface area (Å²) < 4.78 is 5.40. The molecule has 0 heterocycles. The maximum absolute atomic E-state index is 10.7. The Hall–Kier alpha value is -2.12. The molecule has 31 heavy (non-hydrogen) atoms. The molecule has 6 heteroatoms. The molecule has 0 saturated carbocycles. The first-order chi connectivity index (χ1) is 14.6. The fourth-order valence-corrected chi connectivity index (χ4v) is 3.67. The molecule has 2 aromatic rings. The molecule has 0 radical (unpaired) electrons. The van der Waals surface area contributed by atoms with Gasteiger partial charge in [-0.2, -0.15) is 0 Å². The van der Waals surface area contributed by atoms with Gasteiger partial charge in [-0.05, 0) is 28.7 Å². The summed E-state index contributed by atoms with van der Waals surface area (Å²) in [5.41, 5.74) is 3.57. The van der Waals surface area contributed by atoms with Crippen molar-refractivity contribution in [2.75, 3.05) is 13.7 Å². The molecule has 0 spiro atoms. The van der Waals surface area contributed by atoms with Crippen molar-refractivity contribution in [3.8, 4) is 11.5 Å². The van der Waals surface area contributed by atoms with E-state index in [4.69, 9.17) is 4.74 Å². The lowest BCUT2D eigenvalue weighted by Crippen LogP contribution is -2.44. The fraction of sp³-hybridized carbons (Fsp3) is 0.520. The molecule has 0 bridgehead atoms. The summed E-state index contributed by atoms with van der Waals surface area (Å²) in [5, 5.41) is 51.0. The molecular formula is C25H36O6. The zero-order valence-electron chi connectivity index (χ0n) is 19.0. The number of rotatable bonds is 10. The molecular weight excluding hydrogens is 396 g/mol. The molecule has 172 valence electrons. The van der Waals surface area contributed by atoms with Crippen molar-refractivity contribution in [2.45, 2.75) is 64.3 Å². The Balaban J connectivity index is 2.32. The van der Waals surface area contributed by atoms with Crippen molar-refractivity contribution in [1.29, 1.82) is 0 Å². The van der Waals surface area contributed by atoms with Gasteiger partial charge in [-0.3, -0.25) is 0 Å². The van der Waals surface area contributed by atoms with Gasteiger partial charge in [0, 0.05) is 36.5 Å². The van der Waals surface area contributed by atoms with Gasteiger partial charge < -0.3 is 30.3 Å². The van der Waals surface area contributed by atoms with Crippen LogP contribution in [0.5, 0.6) is 11.5 Å². The predicted octanol–water partition coefficient (Wildman–Crippen LogP) is 2.93. The van der Waals surface area contributed by atoms with Gasteiger partial charge in [-0.25, -0.2) is 0 Å². The minimum atomic E-state index is -1.44. The van der Waals surface area contributed by atoms with Crippen molar-refractivity contribution in [2.24, 2.45) is 5.92 Å². The minimum absolute atomic E-state index is 0.0877. The number of benzene rings is 2. The number of aliphatic hydroxyl groups is 4. The number of hydrogen-bond donors (Lipinski definition) is 5. The first-order valence-corrected chi connectivity index (χ1v) is 10.7. The van der Waals surface area contributed by atoms with Gasteiger partial charge in [-0.15, -0.1) is 0 Å². The van der Waals surface area contributed by atoms with E-state index >= 15 is 0 Å². The normalized spacial score (nSPS) is 16.6. The highest BCUT2D eigenvalue weighted by Crippen LogP contribution is 2.37. The summed E-state index contributed by atoms with van der Waals surface area (Å²) in [6.07, 6.45) is -3.51. The Kier molecular flexibility index (Phi) is 8.89. The molecule has 6 nitrogen and oxygen atoms in total. The van der Waals surface area contributed by atoms with E-state index in [9.17, 15) is 25.5 Å². The zero-order valence-corrected chi connectivity index (χ0v) is 19.0. The van der Waals surface area contributed by atoms with Crippen molar-refractivity contribution >= 4 is 0 Å². The van der Waals surface area contributed by atoms with Crippen molar-refractivity contribution in [3.63, 3.8) is 0 Å². The molecule has 0 aliphatic carbocycles. The lowest BCUT2D eigenvalue weighted by molar-refractivity contribution is -0.0912. The molecule has 2 aromatic carbocycles. The molecule has 5 N–H and O–H groups in total. The van der Waals surface area contributed by atoms with Gasteiger partial charge in [0.25, 0.3) is 0 Å². The SMILES string of the molecule is COc1cc(O)c(Cc2ccc(C(C)C)cc2)cc1[C@H](C)[C@H](O)C(O)[C@H](O)[C@H](C)CO. The van der Waals surface area contributed by atoms with Gasteiger partial charge in [0.1, 0.15) is 17.6 Å². The highest BCUT2D eigenvalue weighted by atomic mass is 16.5. The average molecular weight is 433 g/mol. The summed E-state index contributed by atoms with van der Waals surface area (Å²) >= 11 is 0. The Morgan fingerprint density at radius 1 is 0.871 bits per heavy atom. The average Bonchev–Trinajstić information content (AvgIpc) is 2.77. The third-order valence-electron chi connectivity index (χ3n) is 6.05. The van der Waals surface area contributed by atoms with E-state index < -0.39 is 30.1 Å². The standard InChI is InChI=1S/C25H36O6/c1-14(2)18-8-6-17(7-9-18)10-19-11-20(22(31-5)12-21(19)27)16(4)24(29)25(30)23(28)15(3)13-26/h6-9,11-12,14-16,23-30H,10,13H2,1-5H3/t15-,16+,23-,24+,25?/m1/s1. The zero-order chi connectivity index (χ0) is 23.3. The van der Waals surface area contributed by atoms with Crippen LogP contribution in [-0.4, -0.2) is 57.6 Å². The summed E-state index contributed by atoms with van der Waals surface area (Å²) in [6.45, 7) is 7.28. The van der Waals surface area contributed by atoms with E-state index in [0.717, 1.165) is 5.56 Å². The summed E-state index contributed by atoms with van der Waals surface area (Å²) in [6, 6.07) is 11.5. The monoisotopic (exact) mass is 432 g/mol. The third-order valence-corrected chi connectivity index (χ3v) is 6.05. The second-order valence-corrected chi connectivity index (χ2v) is 8.72. The second-order valence-electron chi connectivity index (χ2n) is 8.72. The summed E-state index contributed by atoms with van der Waals surface area (Å²) in [4.78, 5) is 0. The first kappa shape index (κ1) is 25.1. The van der Waals surface area contributed by atoms with Crippen LogP contribution in [0.1, 0.15) is 61.8 Å². The number of ether oxygens (including phenoxy) is 1. The van der Waals surface area contributed by atoms with Crippen LogP contribution in [0.15, 0.2) is 36.4 Å². The molecule has 5 atom stereocenters. The predicted molar refractivity (Wildman–Crippen MR) is 121 cm³/mol. The van der Waals surface area contributed by atoms with Gasteiger partial charge in [0.2, 0.25) is 0 Å². The number of aliphatic hydroxyl groups excluding tert-OH is 4. The molecule has 0 aromatic heterocycles. The van der Waals surface area contributed by atoms with Gasteiger partial charge in [0.15, 0.2) is 0 Å². The Morgan fingerprint density at radius 3 is 2.00 bits per heavy atom. The van der Waals surface area contributed by atoms with Crippen molar-refractivity contribution in [1.82, 2.24) is 0 Å². The maximum atomic E-state index is 10.7. The molecule has 0 aliphatic rings. The van der Waals surface area contributed by atoms with Crippen molar-refractivity contribution in [3.05, 3.63) is 58.7 Å². The van der Waals surface area contributed by atoms with E-state index in [1.807, 2.05) is 12.1 Å². The quantitative estimate of drug-likeness (QED) is 0.395. The highest BCUT2D eigenvalue weighted by Gasteiger charge is 2.34. The summed E-state index contributed by atoms with van der Waals surface area (Å²) in [5.74, 6) is -0.256. The van der Waals surface area contributed by atoms with Crippen LogP contribution in [0.25, 0.3) is 0 Å². The lowest BCUT2D eigenvalue weighted by atomic mass is 9.85. The Morgan fingerprint density at radius 2 is 1.48 bits per heavy atom. The molecule has 2 rings (SSSR count). The van der Waals surface area contributed by atoms with Gasteiger partial charge >= 0.3 is 0 Å². The number of phenols is 1. The van der Waals surface area contributed by atoms with Gasteiger partial charge in [-0.1, -0.05) is 52.0 Å². The largest absolute Gasteiger partial charge is 0.508 e. The Bertz CT molecular complexity index is 833. The van der Waals surface area contributed by atoms with E-state index in [-0.39, 0.29) is 12.4 Å². The first-order valence-electron chi connectivity index (χ1n) is 10.7. The molecule has 0 fully saturated rings. The number of phenolic OH excluding ortho intramolecular Hbond substituents is 1. The van der Waals surface area contributed by atoms with Crippen LogP contribution in [-0.2, 0) is 6.42 Å². The minimum Gasteiger partial charge on any atom is -0.508 e. The molecule has 1 unspecified atom stereocenters. The van der Waals surface area contributed by atoms with E-state index in [1.165, 1.54) is 18.7 Å². The number of aromatic hydroxyl groups is 1. The van der Waals surface area contributed by atoms with Crippen LogP contribution in [0.3, 0.4) is 0 Å². The maximum Gasteiger partial charge on any atom is 0.126 e. The fourth-order valence-electron chi connectivity index (χ4n) is 3.67. The van der Waals surface area contributed by atoms with Crippen LogP contribution in [0.2, 0.25) is 0 Å². The molecule has 0 saturated heterocycles. The lowest BCUT2D eigenvalue weighted by Gasteiger charge is -2.31. The third kappa shape index (κ3) is 5.98. The van der Waals surface area contributed by atoms with E-state index in [2.05, 4.69) is 26.0 Å². The number of hydrogen-bond acceptors (Lipinski definition) is 6. The van der Waals surface area contributed by atoms with Crippen LogP contribution in [0.4, 0.5) is 0 Å². The molecule has 0 amide bonds. The van der Waals surface area contributed by atoms with Crippen LogP contribution < -0.4 is 4.74 Å². The van der Waals surface area contributed by atoms with E-state index in [1.54, 1.807) is 19.9 Å². The van der Waals surface area contributed by atoms with E-state index in [0.29, 0.717) is 29.2 Å². The topological polar surface area (TPSA) is 110 Å². The Labute approximate surface area is 184 Å². The van der Waals surface area contributed by atoms with Crippen LogP contribution >= 0.6 is 0 Å². The second kappa shape index (κ2) is 11.0. The smallest absolute Gasteiger partial charge is 0.126 e. The number of methoxy groups -OCH3 is 1. The van der Waals surface area contributed by atoms with Crippen molar-refractivity contribution < 1.29 is 30.3 Å². The van der Waals surface area contributed by atoms with Crippen LogP contribution in [0, 0.1) is 5.92 Å². The van der Waals surface area contributed by atoms with Gasteiger partial charge in [0.05, 0.1) is 19.3 Å². The molecule has 0 aliphatic heterocycles. The highest BCUT2D eigenvalue weighted by molar-refractivity contribution is 5.49.